The molecule has 0 aliphatic carbocycles. The lowest BCUT2D eigenvalue weighted by Gasteiger charge is -2.05. The highest BCUT2D eigenvalue weighted by molar-refractivity contribution is 7.93. The summed E-state index contributed by atoms with van der Waals surface area (Å²) >= 11 is 1.11. The van der Waals surface area contributed by atoms with Crippen molar-refractivity contribution in [2.24, 2.45) is 0 Å². The van der Waals surface area contributed by atoms with Crippen LogP contribution in [0, 0.1) is 11.6 Å². The number of carbonyl (C=O) groups is 1. The highest BCUT2D eigenvalue weighted by atomic mass is 32.2. The maximum Gasteiger partial charge on any atom is 0.263 e. The minimum atomic E-state index is -3.73. The van der Waals surface area contributed by atoms with Gasteiger partial charge in [-0.3, -0.25) is 9.52 Å². The first kappa shape index (κ1) is 19.9. The van der Waals surface area contributed by atoms with Gasteiger partial charge >= 0.3 is 0 Å². The molecule has 28 heavy (non-hydrogen) atoms. The van der Waals surface area contributed by atoms with E-state index in [4.69, 9.17) is 0 Å². The zero-order valence-electron chi connectivity index (χ0n) is 14.4. The van der Waals surface area contributed by atoms with Gasteiger partial charge in [-0.15, -0.1) is 11.3 Å². The van der Waals surface area contributed by atoms with E-state index >= 15 is 0 Å². The normalized spacial score (nSPS) is 11.2. The summed E-state index contributed by atoms with van der Waals surface area (Å²) in [6.45, 7) is 0. The zero-order valence-corrected chi connectivity index (χ0v) is 16.0. The molecule has 3 aromatic rings. The summed E-state index contributed by atoms with van der Waals surface area (Å²) in [5.41, 5.74) is 0.690. The molecular formula is C18H15F2N3O3S2. The minimum absolute atomic E-state index is 0.0492. The Balaban J connectivity index is 1.56. The lowest BCUT2D eigenvalue weighted by molar-refractivity contribution is -0.116. The molecule has 0 atom stereocenters. The van der Waals surface area contributed by atoms with Gasteiger partial charge in [-0.2, -0.15) is 0 Å². The van der Waals surface area contributed by atoms with Gasteiger partial charge in [-0.25, -0.2) is 22.2 Å². The van der Waals surface area contributed by atoms with Crippen molar-refractivity contribution in [3.8, 4) is 0 Å². The number of thiazole rings is 1. The largest absolute Gasteiger partial charge is 0.326 e. The fraction of sp³-hybridized carbons (Fsp3) is 0.111. The molecule has 2 N–H and O–H groups in total. The highest BCUT2D eigenvalue weighted by Gasteiger charge is 2.16. The van der Waals surface area contributed by atoms with E-state index in [1.54, 1.807) is 23.6 Å². The maximum atomic E-state index is 13.2. The number of rotatable bonds is 7. The number of hydrogen-bond acceptors (Lipinski definition) is 5. The van der Waals surface area contributed by atoms with Crippen LogP contribution in [-0.4, -0.2) is 19.3 Å². The summed E-state index contributed by atoms with van der Waals surface area (Å²) in [7, 11) is -3.73. The summed E-state index contributed by atoms with van der Waals surface area (Å²) < 4.78 is 53.0. The van der Waals surface area contributed by atoms with Crippen LogP contribution in [0.15, 0.2) is 58.8 Å². The number of nitrogens with zero attached hydrogens (tertiary/aromatic N) is 1. The van der Waals surface area contributed by atoms with Gasteiger partial charge in [0, 0.05) is 23.6 Å². The van der Waals surface area contributed by atoms with Crippen LogP contribution in [0.2, 0.25) is 0 Å². The number of benzene rings is 2. The Labute approximate surface area is 164 Å². The van der Waals surface area contributed by atoms with Crippen LogP contribution in [0.1, 0.15) is 12.1 Å². The molecule has 0 unspecified atom stereocenters. The highest BCUT2D eigenvalue weighted by Crippen LogP contribution is 2.21. The zero-order chi connectivity index (χ0) is 20.1. The minimum Gasteiger partial charge on any atom is -0.326 e. The molecule has 0 spiro atoms. The van der Waals surface area contributed by atoms with Crippen LogP contribution >= 0.6 is 11.3 Å². The molecule has 0 aliphatic heterocycles. The smallest absolute Gasteiger partial charge is 0.263 e. The average Bonchev–Trinajstić information content (AvgIpc) is 3.10. The number of anilines is 2. The van der Waals surface area contributed by atoms with Crippen LogP contribution in [0.25, 0.3) is 0 Å². The lowest BCUT2D eigenvalue weighted by atomic mass is 10.2. The van der Waals surface area contributed by atoms with Gasteiger partial charge in [0.1, 0.15) is 0 Å². The fourth-order valence-electron chi connectivity index (χ4n) is 2.28. The molecule has 0 aliphatic rings. The molecule has 10 heteroatoms. The topological polar surface area (TPSA) is 88.2 Å². The fourth-order valence-corrected chi connectivity index (χ4v) is 4.30. The second-order valence-electron chi connectivity index (χ2n) is 5.74. The number of carbonyl (C=O) groups excluding carboxylic acids is 1. The molecule has 146 valence electrons. The molecule has 0 saturated carbocycles. The standard InChI is InChI=1S/C18H15F2N3O3S2/c19-15-8-6-12(10-16(15)20)21-17(24)9-7-13-11-27-18(22-13)23-28(25,26)14-4-2-1-3-5-14/h1-6,8,10-11H,7,9H2,(H,21,24)(H,22,23). The summed E-state index contributed by atoms with van der Waals surface area (Å²) in [6, 6.07) is 11.0. The monoisotopic (exact) mass is 423 g/mol. The van der Waals surface area contributed by atoms with E-state index in [2.05, 4.69) is 15.0 Å². The summed E-state index contributed by atoms with van der Waals surface area (Å²) in [4.78, 5) is 16.2. The average molecular weight is 423 g/mol. The Morgan fingerprint density at radius 3 is 2.54 bits per heavy atom. The second-order valence-corrected chi connectivity index (χ2v) is 8.28. The Morgan fingerprint density at radius 2 is 1.82 bits per heavy atom. The molecule has 6 nitrogen and oxygen atoms in total. The van der Waals surface area contributed by atoms with Gasteiger partial charge in [0.05, 0.1) is 10.6 Å². The van der Waals surface area contributed by atoms with E-state index in [9.17, 15) is 22.0 Å². The molecular weight excluding hydrogens is 408 g/mol. The predicted octanol–water partition coefficient (Wildman–Crippen LogP) is 3.79. The molecule has 0 saturated heterocycles. The molecule has 2 aromatic carbocycles. The van der Waals surface area contributed by atoms with E-state index in [1.165, 1.54) is 18.2 Å². The third-order valence-corrected chi connectivity index (χ3v) is 5.93. The van der Waals surface area contributed by atoms with Gasteiger partial charge in [-0.1, -0.05) is 18.2 Å². The first-order valence-corrected chi connectivity index (χ1v) is 10.5. The van der Waals surface area contributed by atoms with Crippen molar-refractivity contribution in [2.75, 3.05) is 10.0 Å². The Bertz CT molecular complexity index is 1090. The SMILES string of the molecule is O=C(CCc1csc(NS(=O)(=O)c2ccccc2)n1)Nc1ccc(F)c(F)c1. The Kier molecular flexibility index (Phi) is 6.00. The van der Waals surface area contributed by atoms with Crippen molar-refractivity contribution in [1.82, 2.24) is 4.98 Å². The van der Waals surface area contributed by atoms with E-state index in [-0.39, 0.29) is 28.6 Å². The number of sulfonamides is 1. The van der Waals surface area contributed by atoms with Crippen LogP contribution < -0.4 is 10.0 Å². The molecule has 0 radical (unpaired) electrons. The molecule has 0 fully saturated rings. The first-order chi connectivity index (χ1) is 13.3. The number of aryl methyl sites for hydroxylation is 1. The summed E-state index contributed by atoms with van der Waals surface area (Å²) in [5.74, 6) is -2.44. The van der Waals surface area contributed by atoms with Crippen molar-refractivity contribution < 1.29 is 22.0 Å². The molecule has 0 bridgehead atoms. The van der Waals surface area contributed by atoms with Gasteiger partial charge in [0.15, 0.2) is 16.8 Å². The third kappa shape index (κ3) is 5.11. The van der Waals surface area contributed by atoms with Crippen molar-refractivity contribution in [1.29, 1.82) is 0 Å². The van der Waals surface area contributed by atoms with Gasteiger partial charge in [0.25, 0.3) is 10.0 Å². The Morgan fingerprint density at radius 1 is 1.07 bits per heavy atom. The van der Waals surface area contributed by atoms with E-state index in [1.807, 2.05) is 0 Å². The number of aromatic nitrogens is 1. The van der Waals surface area contributed by atoms with Crippen molar-refractivity contribution in [3.05, 3.63) is 71.2 Å². The number of amides is 1. The van der Waals surface area contributed by atoms with Crippen LogP contribution in [-0.2, 0) is 21.2 Å². The molecule has 1 amide bonds. The van der Waals surface area contributed by atoms with E-state index < -0.39 is 27.6 Å². The van der Waals surface area contributed by atoms with Gasteiger partial charge in [0.2, 0.25) is 5.91 Å². The second kappa shape index (κ2) is 8.44. The maximum absolute atomic E-state index is 13.2. The first-order valence-electron chi connectivity index (χ1n) is 8.11. The number of hydrogen-bond donors (Lipinski definition) is 2. The van der Waals surface area contributed by atoms with Crippen molar-refractivity contribution in [2.45, 2.75) is 17.7 Å². The van der Waals surface area contributed by atoms with E-state index in [0.29, 0.717) is 5.69 Å². The van der Waals surface area contributed by atoms with Gasteiger partial charge in [-0.05, 0) is 30.7 Å². The quantitative estimate of drug-likeness (QED) is 0.605. The Hall–Kier alpha value is -2.85. The third-order valence-electron chi connectivity index (χ3n) is 3.64. The molecule has 1 heterocycles. The number of halogens is 2. The number of nitrogens with one attached hydrogen (secondary N) is 2. The van der Waals surface area contributed by atoms with Crippen LogP contribution in [0.5, 0.6) is 0 Å². The molecule has 1 aromatic heterocycles. The van der Waals surface area contributed by atoms with Crippen molar-refractivity contribution in [3.63, 3.8) is 0 Å². The van der Waals surface area contributed by atoms with Gasteiger partial charge < -0.3 is 5.32 Å². The lowest BCUT2D eigenvalue weighted by Crippen LogP contribution is -2.13. The predicted molar refractivity (Wildman–Crippen MR) is 103 cm³/mol. The summed E-state index contributed by atoms with van der Waals surface area (Å²) in [6.07, 6.45) is 0.312. The van der Waals surface area contributed by atoms with Crippen molar-refractivity contribution >= 4 is 38.1 Å². The van der Waals surface area contributed by atoms with E-state index in [0.717, 1.165) is 23.5 Å². The van der Waals surface area contributed by atoms with Crippen LogP contribution in [0.3, 0.4) is 0 Å². The van der Waals surface area contributed by atoms with Crippen LogP contribution in [0.4, 0.5) is 19.6 Å². The summed E-state index contributed by atoms with van der Waals surface area (Å²) in [5, 5.41) is 4.31. The molecule has 3 rings (SSSR count).